The maximum absolute atomic E-state index is 13.0. The molecule has 0 bridgehead atoms. The molecular weight excluding hydrogens is 391 g/mol. The van der Waals surface area contributed by atoms with Crippen molar-refractivity contribution in [1.29, 1.82) is 10.5 Å². The fraction of sp³-hybridized carbons (Fsp3) is 0.211. The highest BCUT2D eigenvalue weighted by molar-refractivity contribution is 5.97. The quantitative estimate of drug-likeness (QED) is 0.676. The van der Waals surface area contributed by atoms with Gasteiger partial charge in [-0.05, 0) is 42.5 Å². The van der Waals surface area contributed by atoms with E-state index in [2.05, 4.69) is 5.32 Å². The highest BCUT2D eigenvalue weighted by atomic mass is 19.4. The summed E-state index contributed by atoms with van der Waals surface area (Å²) in [5.74, 6) is -1.01. The number of hydrogen-bond acceptors (Lipinski definition) is 6. The number of alkyl halides is 3. The second-order valence-corrected chi connectivity index (χ2v) is 5.94. The third-order valence-corrected chi connectivity index (χ3v) is 3.85. The number of nitriles is 2. The van der Waals surface area contributed by atoms with Gasteiger partial charge in [-0.25, -0.2) is 0 Å². The van der Waals surface area contributed by atoms with Gasteiger partial charge in [-0.15, -0.1) is 0 Å². The van der Waals surface area contributed by atoms with Crippen LogP contribution in [-0.4, -0.2) is 34.9 Å². The number of carbonyl (C=O) groups excluding carboxylic acids is 1. The smallest absolute Gasteiger partial charge is 0.417 e. The number of aliphatic hydroxyl groups excluding tert-OH is 1. The molecule has 0 aliphatic heterocycles. The maximum Gasteiger partial charge on any atom is 0.417 e. The molecule has 0 radical (unpaired) electrons. The summed E-state index contributed by atoms with van der Waals surface area (Å²) in [6.45, 7) is -1.78. The van der Waals surface area contributed by atoms with Gasteiger partial charge in [-0.2, -0.15) is 23.7 Å². The third-order valence-electron chi connectivity index (χ3n) is 3.85. The number of ether oxygens (including phenoxy) is 1. The number of carbonyl (C=O) groups is 1. The number of nitrogens with one attached hydrogen (secondary N) is 1. The van der Waals surface area contributed by atoms with Gasteiger partial charge in [-0.3, -0.25) is 4.79 Å². The van der Waals surface area contributed by atoms with Crippen LogP contribution in [0.3, 0.4) is 0 Å². The van der Waals surface area contributed by atoms with Gasteiger partial charge in [0.25, 0.3) is 5.91 Å². The fourth-order valence-electron chi connectivity index (χ4n) is 2.21. The Morgan fingerprint density at radius 2 is 1.76 bits per heavy atom. The summed E-state index contributed by atoms with van der Waals surface area (Å²) in [5, 5.41) is 39.3. The molecule has 2 rings (SSSR count). The standard InChI is InChI=1S/C19H14F3N3O4/c20-19(21,22)16-7-14(4-3-13(16)9-24)25-17(27)18(28,10-26)11-29-15-5-1-12(8-23)2-6-15/h1-7,26,28H,10-11H2,(H,25,27)/t18-/m0/s1. The van der Waals surface area contributed by atoms with E-state index in [1.807, 2.05) is 6.07 Å². The lowest BCUT2D eigenvalue weighted by molar-refractivity contribution is -0.142. The minimum absolute atomic E-state index is 0.196. The van der Waals surface area contributed by atoms with Crippen LogP contribution < -0.4 is 10.1 Å². The molecule has 3 N–H and O–H groups in total. The average Bonchev–Trinajstić information content (AvgIpc) is 2.71. The van der Waals surface area contributed by atoms with Crippen molar-refractivity contribution < 1.29 is 32.9 Å². The summed E-state index contributed by atoms with van der Waals surface area (Å²) in [5.41, 5.74) is -4.31. The van der Waals surface area contributed by atoms with Crippen LogP contribution in [0.4, 0.5) is 18.9 Å². The lowest BCUT2D eigenvalue weighted by atomic mass is 10.0. The zero-order valence-electron chi connectivity index (χ0n) is 14.7. The van der Waals surface area contributed by atoms with Crippen molar-refractivity contribution in [2.24, 2.45) is 0 Å². The van der Waals surface area contributed by atoms with Gasteiger partial charge in [0.2, 0.25) is 5.60 Å². The summed E-state index contributed by atoms with van der Waals surface area (Å²) in [4.78, 5) is 12.3. The van der Waals surface area contributed by atoms with Crippen molar-refractivity contribution in [2.75, 3.05) is 18.5 Å². The number of hydrogen-bond donors (Lipinski definition) is 3. The molecule has 0 aliphatic carbocycles. The lowest BCUT2D eigenvalue weighted by Crippen LogP contribution is -2.51. The summed E-state index contributed by atoms with van der Waals surface area (Å²) < 4.78 is 44.3. The molecule has 7 nitrogen and oxygen atoms in total. The highest BCUT2D eigenvalue weighted by Crippen LogP contribution is 2.33. The van der Waals surface area contributed by atoms with Crippen molar-refractivity contribution in [2.45, 2.75) is 11.8 Å². The van der Waals surface area contributed by atoms with Crippen molar-refractivity contribution in [3.05, 3.63) is 59.2 Å². The molecule has 10 heteroatoms. The maximum atomic E-state index is 13.0. The number of halogens is 3. The zero-order chi connectivity index (χ0) is 21.7. The van der Waals surface area contributed by atoms with Crippen molar-refractivity contribution in [1.82, 2.24) is 0 Å². The van der Waals surface area contributed by atoms with Gasteiger partial charge in [0.05, 0.1) is 35.4 Å². The Balaban J connectivity index is 2.16. The van der Waals surface area contributed by atoms with Crippen molar-refractivity contribution in [3.63, 3.8) is 0 Å². The molecule has 0 saturated heterocycles. The number of rotatable bonds is 6. The lowest BCUT2D eigenvalue weighted by Gasteiger charge is -2.25. The van der Waals surface area contributed by atoms with E-state index >= 15 is 0 Å². The molecule has 0 spiro atoms. The Hall–Kier alpha value is -3.60. The van der Waals surface area contributed by atoms with Crippen LogP contribution in [0.5, 0.6) is 5.75 Å². The Labute approximate surface area is 163 Å². The number of nitrogens with zero attached hydrogens (tertiary/aromatic N) is 2. The first-order chi connectivity index (χ1) is 13.6. The van der Waals surface area contributed by atoms with Crippen molar-refractivity contribution in [3.8, 4) is 17.9 Å². The number of anilines is 1. The number of amides is 1. The van der Waals surface area contributed by atoms with Gasteiger partial charge >= 0.3 is 6.18 Å². The van der Waals surface area contributed by atoms with Crippen LogP contribution in [0.15, 0.2) is 42.5 Å². The SMILES string of the molecule is N#Cc1ccc(OC[C@@](O)(CO)C(=O)Nc2ccc(C#N)c(C(F)(F)F)c2)cc1. The highest BCUT2D eigenvalue weighted by Gasteiger charge is 2.38. The topological polar surface area (TPSA) is 126 Å². The summed E-state index contributed by atoms with van der Waals surface area (Å²) >= 11 is 0. The molecule has 29 heavy (non-hydrogen) atoms. The molecule has 0 saturated carbocycles. The summed E-state index contributed by atoms with van der Waals surface area (Å²) in [6.07, 6.45) is -4.82. The van der Waals surface area contributed by atoms with Crippen LogP contribution in [0.2, 0.25) is 0 Å². The van der Waals surface area contributed by atoms with E-state index in [9.17, 15) is 28.2 Å². The van der Waals surface area contributed by atoms with Crippen molar-refractivity contribution >= 4 is 11.6 Å². The monoisotopic (exact) mass is 405 g/mol. The normalized spacial score (nSPS) is 12.9. The first kappa shape index (κ1) is 21.7. The van der Waals surface area contributed by atoms with Crippen LogP contribution in [0.25, 0.3) is 0 Å². The summed E-state index contributed by atoms with van der Waals surface area (Å²) in [6, 6.07) is 11.5. The molecular formula is C19H14F3N3O4. The van der Waals surface area contributed by atoms with Crippen LogP contribution in [0, 0.1) is 22.7 Å². The average molecular weight is 405 g/mol. The zero-order valence-corrected chi connectivity index (χ0v) is 14.7. The second-order valence-electron chi connectivity index (χ2n) is 5.94. The largest absolute Gasteiger partial charge is 0.490 e. The molecule has 2 aromatic rings. The van der Waals surface area contributed by atoms with Crippen LogP contribution in [0.1, 0.15) is 16.7 Å². The van der Waals surface area contributed by atoms with Gasteiger partial charge < -0.3 is 20.3 Å². The molecule has 0 heterocycles. The molecule has 150 valence electrons. The predicted octanol–water partition coefficient (Wildman–Crippen LogP) is 2.19. The van der Waals surface area contributed by atoms with Gasteiger partial charge in [0.15, 0.2) is 0 Å². The Morgan fingerprint density at radius 3 is 2.28 bits per heavy atom. The molecule has 1 atom stereocenters. The van der Waals surface area contributed by atoms with E-state index in [-0.39, 0.29) is 11.4 Å². The van der Waals surface area contributed by atoms with Crippen LogP contribution >= 0.6 is 0 Å². The number of benzene rings is 2. The molecule has 2 aromatic carbocycles. The first-order valence-corrected chi connectivity index (χ1v) is 8.02. The Morgan fingerprint density at radius 1 is 1.10 bits per heavy atom. The molecule has 0 aromatic heterocycles. The summed E-state index contributed by atoms with van der Waals surface area (Å²) in [7, 11) is 0. The van der Waals surface area contributed by atoms with Crippen LogP contribution in [-0.2, 0) is 11.0 Å². The van der Waals surface area contributed by atoms with E-state index in [0.29, 0.717) is 11.6 Å². The molecule has 0 unspecified atom stereocenters. The van der Waals surface area contributed by atoms with Gasteiger partial charge in [0, 0.05) is 5.69 Å². The predicted molar refractivity (Wildman–Crippen MR) is 93.5 cm³/mol. The second kappa shape index (κ2) is 8.61. The first-order valence-electron chi connectivity index (χ1n) is 8.02. The van der Waals surface area contributed by atoms with E-state index in [1.165, 1.54) is 30.3 Å². The fourth-order valence-corrected chi connectivity index (χ4v) is 2.21. The minimum atomic E-state index is -4.82. The molecule has 0 fully saturated rings. The van der Waals surface area contributed by atoms with Gasteiger partial charge in [-0.1, -0.05) is 0 Å². The Bertz CT molecular complexity index is 978. The van der Waals surface area contributed by atoms with Gasteiger partial charge in [0.1, 0.15) is 12.4 Å². The molecule has 1 amide bonds. The minimum Gasteiger partial charge on any atom is -0.490 e. The van der Waals surface area contributed by atoms with E-state index < -0.39 is 42.0 Å². The van der Waals surface area contributed by atoms with E-state index in [0.717, 1.165) is 12.1 Å². The van der Waals surface area contributed by atoms with E-state index in [1.54, 1.807) is 0 Å². The number of aliphatic hydroxyl groups is 2. The molecule has 0 aliphatic rings. The van der Waals surface area contributed by atoms with E-state index in [4.69, 9.17) is 15.3 Å². The Kier molecular flexibility index (Phi) is 6.44. The third kappa shape index (κ3) is 5.23.